The van der Waals surface area contributed by atoms with Gasteiger partial charge >= 0.3 is 0 Å². The van der Waals surface area contributed by atoms with Crippen LogP contribution in [0.3, 0.4) is 0 Å². The van der Waals surface area contributed by atoms with Crippen molar-refractivity contribution in [2.75, 3.05) is 7.11 Å². The summed E-state index contributed by atoms with van der Waals surface area (Å²) >= 11 is 5.82. The van der Waals surface area contributed by atoms with Crippen LogP contribution < -0.4 is 16.0 Å². The summed E-state index contributed by atoms with van der Waals surface area (Å²) in [6.07, 6.45) is 3.37. The highest BCUT2D eigenvalue weighted by molar-refractivity contribution is 6.29. The largest absolute Gasteiger partial charge is 0.493 e. The fraction of sp³-hybridized carbons (Fsp3) is 0.385. The Hall–Kier alpha value is -1.63. The quantitative estimate of drug-likeness (QED) is 0.501. The molecule has 2 heterocycles. The Morgan fingerprint density at radius 2 is 2.10 bits per heavy atom. The van der Waals surface area contributed by atoms with Gasteiger partial charge in [0, 0.05) is 12.2 Å². The van der Waals surface area contributed by atoms with Gasteiger partial charge in [-0.25, -0.2) is 10.4 Å². The van der Waals surface area contributed by atoms with Crippen LogP contribution in [0.2, 0.25) is 5.15 Å². The molecule has 0 fully saturated rings. The number of nitrogens with two attached hydrogens (primary N) is 1. The van der Waals surface area contributed by atoms with Gasteiger partial charge in [-0.15, -0.1) is 0 Å². The van der Waals surface area contributed by atoms with E-state index in [1.807, 2.05) is 24.6 Å². The lowest BCUT2D eigenvalue weighted by Crippen LogP contribution is -2.31. The van der Waals surface area contributed by atoms with E-state index in [9.17, 15) is 0 Å². The molecule has 0 saturated carbocycles. The summed E-state index contributed by atoms with van der Waals surface area (Å²) in [4.78, 5) is 4.09. The second kappa shape index (κ2) is 6.21. The van der Waals surface area contributed by atoms with E-state index >= 15 is 0 Å². The molecule has 7 heteroatoms. The van der Waals surface area contributed by atoms with Gasteiger partial charge in [0.25, 0.3) is 0 Å². The molecule has 2 aromatic heterocycles. The van der Waals surface area contributed by atoms with Crippen molar-refractivity contribution in [3.63, 3.8) is 0 Å². The summed E-state index contributed by atoms with van der Waals surface area (Å²) in [5.41, 5.74) is 4.53. The molecule has 20 heavy (non-hydrogen) atoms. The maximum atomic E-state index is 5.82. The molecule has 0 radical (unpaired) electrons. The van der Waals surface area contributed by atoms with Crippen LogP contribution in [0.1, 0.15) is 37.2 Å². The molecule has 2 aromatic rings. The highest BCUT2D eigenvalue weighted by atomic mass is 35.5. The molecule has 0 aliphatic heterocycles. The molecule has 6 nitrogen and oxygen atoms in total. The number of methoxy groups -OCH3 is 1. The molecule has 0 aliphatic rings. The van der Waals surface area contributed by atoms with Gasteiger partial charge in [-0.1, -0.05) is 17.7 Å². The summed E-state index contributed by atoms with van der Waals surface area (Å²) in [6, 6.07) is 3.51. The third-order valence-electron chi connectivity index (χ3n) is 3.03. The van der Waals surface area contributed by atoms with E-state index in [2.05, 4.69) is 15.5 Å². The first kappa shape index (κ1) is 14.8. The standard InChI is InChI=1S/C13H18ClN5O/c1-8(2)19-13(10(20-3)7-17-19)12(18-15)9-4-5-11(14)16-6-9/h4-8,12,18H,15H2,1-3H3. The number of pyridine rings is 1. The zero-order valence-corrected chi connectivity index (χ0v) is 12.4. The monoisotopic (exact) mass is 295 g/mol. The van der Waals surface area contributed by atoms with Crippen LogP contribution in [-0.2, 0) is 0 Å². The molecule has 0 amide bonds. The average Bonchev–Trinajstić information content (AvgIpc) is 2.86. The Labute approximate surface area is 122 Å². The molecule has 0 aromatic carbocycles. The van der Waals surface area contributed by atoms with Crippen LogP contribution >= 0.6 is 11.6 Å². The minimum Gasteiger partial charge on any atom is -0.493 e. The fourth-order valence-corrected chi connectivity index (χ4v) is 2.20. The summed E-state index contributed by atoms with van der Waals surface area (Å²) in [5.74, 6) is 6.40. The Kier molecular flexibility index (Phi) is 4.59. The number of nitrogens with zero attached hydrogens (tertiary/aromatic N) is 3. The maximum Gasteiger partial charge on any atom is 0.161 e. The van der Waals surface area contributed by atoms with Crippen molar-refractivity contribution in [1.29, 1.82) is 0 Å². The minimum absolute atomic E-state index is 0.185. The third kappa shape index (κ3) is 2.77. The molecular formula is C13H18ClN5O. The van der Waals surface area contributed by atoms with Crippen LogP contribution in [0.4, 0.5) is 0 Å². The average molecular weight is 296 g/mol. The molecule has 0 spiro atoms. The first-order valence-corrected chi connectivity index (χ1v) is 6.65. The molecule has 0 saturated heterocycles. The van der Waals surface area contributed by atoms with E-state index in [0.29, 0.717) is 10.9 Å². The number of halogens is 1. The van der Waals surface area contributed by atoms with Crippen LogP contribution in [0, 0.1) is 0 Å². The van der Waals surface area contributed by atoms with Gasteiger partial charge in [0.05, 0.1) is 19.3 Å². The van der Waals surface area contributed by atoms with Crippen LogP contribution in [0.5, 0.6) is 5.75 Å². The molecular weight excluding hydrogens is 278 g/mol. The Balaban J connectivity index is 2.50. The van der Waals surface area contributed by atoms with Crippen molar-refractivity contribution in [2.45, 2.75) is 25.9 Å². The summed E-state index contributed by atoms with van der Waals surface area (Å²) in [5, 5.41) is 4.79. The fourth-order valence-electron chi connectivity index (χ4n) is 2.09. The topological polar surface area (TPSA) is 78.0 Å². The summed E-state index contributed by atoms with van der Waals surface area (Å²) in [7, 11) is 1.61. The van der Waals surface area contributed by atoms with E-state index in [1.54, 1.807) is 25.6 Å². The number of rotatable bonds is 5. The van der Waals surface area contributed by atoms with E-state index in [1.165, 1.54) is 0 Å². The second-order valence-electron chi connectivity index (χ2n) is 4.65. The van der Waals surface area contributed by atoms with Crippen LogP contribution in [0.15, 0.2) is 24.5 Å². The van der Waals surface area contributed by atoms with Gasteiger partial charge < -0.3 is 4.74 Å². The molecule has 3 N–H and O–H groups in total. The van der Waals surface area contributed by atoms with Gasteiger partial charge in [-0.3, -0.25) is 10.5 Å². The van der Waals surface area contributed by atoms with Crippen molar-refractivity contribution < 1.29 is 4.74 Å². The minimum atomic E-state index is -0.278. The van der Waals surface area contributed by atoms with E-state index in [-0.39, 0.29) is 12.1 Å². The van der Waals surface area contributed by atoms with Crippen LogP contribution in [-0.4, -0.2) is 21.9 Å². The summed E-state index contributed by atoms with van der Waals surface area (Å²) in [6.45, 7) is 4.09. The van der Waals surface area contributed by atoms with Crippen molar-refractivity contribution in [3.8, 4) is 5.75 Å². The summed E-state index contributed by atoms with van der Waals surface area (Å²) < 4.78 is 7.25. The maximum absolute atomic E-state index is 5.82. The molecule has 1 unspecified atom stereocenters. The Morgan fingerprint density at radius 1 is 1.35 bits per heavy atom. The first-order valence-electron chi connectivity index (χ1n) is 6.27. The van der Waals surface area contributed by atoms with E-state index in [0.717, 1.165) is 11.3 Å². The Bertz CT molecular complexity index is 567. The zero-order chi connectivity index (χ0) is 14.7. The zero-order valence-electron chi connectivity index (χ0n) is 11.7. The number of hydrogen-bond acceptors (Lipinski definition) is 5. The number of hydrazine groups is 1. The predicted octanol–water partition coefficient (Wildman–Crippen LogP) is 2.07. The molecule has 108 valence electrons. The normalized spacial score (nSPS) is 12.7. The highest BCUT2D eigenvalue weighted by Crippen LogP contribution is 2.31. The van der Waals surface area contributed by atoms with Crippen molar-refractivity contribution in [2.24, 2.45) is 5.84 Å². The third-order valence-corrected chi connectivity index (χ3v) is 3.25. The van der Waals surface area contributed by atoms with Crippen molar-refractivity contribution in [1.82, 2.24) is 20.2 Å². The van der Waals surface area contributed by atoms with Gasteiger partial charge in [0.2, 0.25) is 0 Å². The smallest absolute Gasteiger partial charge is 0.161 e. The van der Waals surface area contributed by atoms with Gasteiger partial charge in [0.15, 0.2) is 5.75 Å². The van der Waals surface area contributed by atoms with E-state index in [4.69, 9.17) is 22.2 Å². The highest BCUT2D eigenvalue weighted by Gasteiger charge is 2.24. The first-order chi connectivity index (χ1) is 9.58. The van der Waals surface area contributed by atoms with Crippen molar-refractivity contribution >= 4 is 11.6 Å². The SMILES string of the molecule is COc1cnn(C(C)C)c1C(NN)c1ccc(Cl)nc1. The number of nitrogens with one attached hydrogen (secondary N) is 1. The lowest BCUT2D eigenvalue weighted by atomic mass is 10.1. The van der Waals surface area contributed by atoms with Crippen LogP contribution in [0.25, 0.3) is 0 Å². The second-order valence-corrected chi connectivity index (χ2v) is 5.04. The molecule has 0 aliphatic carbocycles. The van der Waals surface area contributed by atoms with Gasteiger partial charge in [-0.2, -0.15) is 5.10 Å². The lowest BCUT2D eigenvalue weighted by Gasteiger charge is -2.21. The number of hydrogen-bond donors (Lipinski definition) is 2. The molecule has 2 rings (SSSR count). The van der Waals surface area contributed by atoms with Crippen molar-refractivity contribution in [3.05, 3.63) is 40.9 Å². The number of aromatic nitrogens is 3. The van der Waals surface area contributed by atoms with Gasteiger partial charge in [0.1, 0.15) is 10.8 Å². The number of ether oxygens (including phenoxy) is 1. The molecule has 1 atom stereocenters. The molecule has 0 bridgehead atoms. The van der Waals surface area contributed by atoms with E-state index < -0.39 is 0 Å². The van der Waals surface area contributed by atoms with Gasteiger partial charge in [-0.05, 0) is 25.5 Å². The predicted molar refractivity (Wildman–Crippen MR) is 77.6 cm³/mol. The lowest BCUT2D eigenvalue weighted by molar-refractivity contribution is 0.394. The Morgan fingerprint density at radius 3 is 2.60 bits per heavy atom.